The normalized spacial score (nSPS) is 19.1. The smallest absolute Gasteiger partial charge is 0.247 e. The Hall–Kier alpha value is -2.32. The van der Waals surface area contributed by atoms with Gasteiger partial charge < -0.3 is 5.32 Å². The fourth-order valence-electron chi connectivity index (χ4n) is 2.67. The topological polar surface area (TPSA) is 66.5 Å². The van der Waals surface area contributed by atoms with Crippen LogP contribution in [-0.4, -0.2) is 31.7 Å². The molecule has 24 heavy (non-hydrogen) atoms. The Morgan fingerprint density at radius 3 is 2.46 bits per heavy atom. The predicted molar refractivity (Wildman–Crippen MR) is 82.4 cm³/mol. The van der Waals surface area contributed by atoms with E-state index >= 15 is 0 Å². The highest BCUT2D eigenvalue weighted by molar-refractivity contribution is 7.89. The zero-order valence-electron chi connectivity index (χ0n) is 12.4. The first-order valence-electron chi connectivity index (χ1n) is 7.21. The van der Waals surface area contributed by atoms with Crippen molar-refractivity contribution in [3.05, 3.63) is 65.7 Å². The lowest BCUT2D eigenvalue weighted by atomic mass is 10.1. The molecule has 1 N–H and O–H groups in total. The highest BCUT2D eigenvalue weighted by Crippen LogP contribution is 2.30. The molecule has 1 atom stereocenters. The van der Waals surface area contributed by atoms with Crippen LogP contribution in [0.3, 0.4) is 0 Å². The third kappa shape index (κ3) is 2.90. The van der Waals surface area contributed by atoms with Crippen molar-refractivity contribution in [2.24, 2.45) is 0 Å². The summed E-state index contributed by atoms with van der Waals surface area (Å²) in [5.41, 5.74) is 0.473. The number of halogens is 2. The maximum absolute atomic E-state index is 14.0. The number of rotatable bonds is 3. The Bertz CT molecular complexity index is 872. The molecule has 2 aromatic rings. The van der Waals surface area contributed by atoms with E-state index in [4.69, 9.17) is 0 Å². The van der Waals surface area contributed by atoms with E-state index in [9.17, 15) is 22.0 Å². The van der Waals surface area contributed by atoms with Crippen molar-refractivity contribution in [2.45, 2.75) is 10.9 Å². The minimum atomic E-state index is -4.31. The fraction of sp³-hybridized carbons (Fsp3) is 0.188. The molecule has 1 amide bonds. The van der Waals surface area contributed by atoms with Crippen LogP contribution in [-0.2, 0) is 14.8 Å². The van der Waals surface area contributed by atoms with Gasteiger partial charge in [0, 0.05) is 19.2 Å². The van der Waals surface area contributed by atoms with E-state index in [0.717, 1.165) is 16.4 Å². The van der Waals surface area contributed by atoms with Gasteiger partial charge in [0.05, 0.1) is 0 Å². The Labute approximate surface area is 138 Å². The van der Waals surface area contributed by atoms with Crippen LogP contribution in [0.1, 0.15) is 11.6 Å². The molecule has 0 unspecified atom stereocenters. The van der Waals surface area contributed by atoms with E-state index in [1.54, 1.807) is 30.3 Å². The third-order valence-electron chi connectivity index (χ3n) is 3.76. The summed E-state index contributed by atoms with van der Waals surface area (Å²) in [5.74, 6) is -2.55. The molecule has 0 radical (unpaired) electrons. The van der Waals surface area contributed by atoms with Crippen molar-refractivity contribution < 1.29 is 22.0 Å². The van der Waals surface area contributed by atoms with Crippen LogP contribution in [0.15, 0.2) is 53.4 Å². The quantitative estimate of drug-likeness (QED) is 0.916. The average Bonchev–Trinajstić information content (AvgIpc) is 2.55. The molecule has 0 spiro atoms. The first-order chi connectivity index (χ1) is 11.4. The van der Waals surface area contributed by atoms with Crippen molar-refractivity contribution in [3.8, 4) is 0 Å². The molecule has 0 aliphatic carbocycles. The van der Waals surface area contributed by atoms with Gasteiger partial charge in [0.1, 0.15) is 22.6 Å². The van der Waals surface area contributed by atoms with E-state index in [2.05, 4.69) is 5.32 Å². The first-order valence-corrected chi connectivity index (χ1v) is 8.65. The number of nitrogens with one attached hydrogen (secondary N) is 1. The van der Waals surface area contributed by atoms with Crippen LogP contribution in [0.25, 0.3) is 0 Å². The predicted octanol–water partition coefficient (Wildman–Crippen LogP) is 1.83. The molecule has 1 fully saturated rings. The molecule has 1 aliphatic rings. The maximum atomic E-state index is 14.0. The summed E-state index contributed by atoms with van der Waals surface area (Å²) in [6, 6.07) is 9.50. The van der Waals surface area contributed by atoms with Crippen molar-refractivity contribution in [1.29, 1.82) is 0 Å². The second-order valence-electron chi connectivity index (χ2n) is 5.29. The molecule has 3 rings (SSSR count). The average molecular weight is 352 g/mol. The first kappa shape index (κ1) is 16.5. The van der Waals surface area contributed by atoms with E-state index in [0.29, 0.717) is 11.6 Å². The van der Waals surface area contributed by atoms with Crippen LogP contribution in [0.5, 0.6) is 0 Å². The maximum Gasteiger partial charge on any atom is 0.247 e. The van der Waals surface area contributed by atoms with Crippen LogP contribution in [0, 0.1) is 11.6 Å². The summed E-state index contributed by atoms with van der Waals surface area (Å²) < 4.78 is 53.7. The molecule has 1 saturated heterocycles. The zero-order chi connectivity index (χ0) is 17.3. The van der Waals surface area contributed by atoms with Gasteiger partial charge in [0.15, 0.2) is 0 Å². The number of amides is 1. The molecular weight excluding hydrogens is 338 g/mol. The van der Waals surface area contributed by atoms with Gasteiger partial charge in [-0.15, -0.1) is 0 Å². The molecule has 8 heteroatoms. The van der Waals surface area contributed by atoms with E-state index in [-0.39, 0.29) is 13.1 Å². The second kappa shape index (κ2) is 6.29. The zero-order valence-corrected chi connectivity index (χ0v) is 13.3. The Kier molecular flexibility index (Phi) is 4.33. The summed E-state index contributed by atoms with van der Waals surface area (Å²) >= 11 is 0. The van der Waals surface area contributed by atoms with Crippen molar-refractivity contribution in [1.82, 2.24) is 9.62 Å². The molecular formula is C16H14F2N2O3S. The number of carbonyl (C=O) groups is 1. The van der Waals surface area contributed by atoms with E-state index in [1.807, 2.05) is 0 Å². The Balaban J connectivity index is 2.09. The third-order valence-corrected chi connectivity index (χ3v) is 5.66. The number of carbonyl (C=O) groups excluding carboxylic acids is 1. The van der Waals surface area contributed by atoms with Gasteiger partial charge in [0.2, 0.25) is 15.9 Å². The monoisotopic (exact) mass is 352 g/mol. The van der Waals surface area contributed by atoms with Gasteiger partial charge in [0.25, 0.3) is 0 Å². The van der Waals surface area contributed by atoms with Gasteiger partial charge in [-0.1, -0.05) is 30.3 Å². The number of piperazine rings is 1. The van der Waals surface area contributed by atoms with Crippen LogP contribution in [0.4, 0.5) is 8.78 Å². The number of nitrogens with zero attached hydrogens (tertiary/aromatic N) is 1. The fourth-order valence-corrected chi connectivity index (χ4v) is 4.29. The minimum Gasteiger partial charge on any atom is -0.353 e. The second-order valence-corrected chi connectivity index (χ2v) is 7.15. The molecule has 0 aromatic heterocycles. The molecule has 0 saturated carbocycles. The number of hydrogen-bond donors (Lipinski definition) is 1. The summed E-state index contributed by atoms with van der Waals surface area (Å²) in [6.07, 6.45) is 0. The van der Waals surface area contributed by atoms with E-state index < -0.39 is 38.5 Å². The Morgan fingerprint density at radius 1 is 1.08 bits per heavy atom. The van der Waals surface area contributed by atoms with Crippen molar-refractivity contribution in [3.63, 3.8) is 0 Å². The Morgan fingerprint density at radius 2 is 1.79 bits per heavy atom. The SMILES string of the molecule is O=C1NCCN(S(=O)(=O)c2ccc(F)cc2F)[C@H]1c1ccccc1. The van der Waals surface area contributed by atoms with Gasteiger partial charge >= 0.3 is 0 Å². The van der Waals surface area contributed by atoms with Crippen LogP contribution >= 0.6 is 0 Å². The largest absolute Gasteiger partial charge is 0.353 e. The van der Waals surface area contributed by atoms with Crippen molar-refractivity contribution in [2.75, 3.05) is 13.1 Å². The van der Waals surface area contributed by atoms with Crippen LogP contribution in [0.2, 0.25) is 0 Å². The molecule has 126 valence electrons. The molecule has 2 aromatic carbocycles. The standard InChI is InChI=1S/C16H14F2N2O3S/c17-12-6-7-14(13(18)10-12)24(22,23)20-9-8-19-16(21)15(20)11-4-2-1-3-5-11/h1-7,10,15H,8-9H2,(H,19,21)/t15-/m0/s1. The van der Waals surface area contributed by atoms with Gasteiger partial charge in [-0.05, 0) is 17.7 Å². The van der Waals surface area contributed by atoms with Crippen molar-refractivity contribution >= 4 is 15.9 Å². The number of sulfonamides is 1. The molecule has 0 bridgehead atoms. The minimum absolute atomic E-state index is 0.00947. The highest BCUT2D eigenvalue weighted by Gasteiger charge is 2.40. The lowest BCUT2D eigenvalue weighted by Gasteiger charge is -2.34. The lowest BCUT2D eigenvalue weighted by Crippen LogP contribution is -2.52. The molecule has 1 aliphatic heterocycles. The summed E-state index contributed by atoms with van der Waals surface area (Å²) in [6.45, 7) is 0.106. The summed E-state index contributed by atoms with van der Waals surface area (Å²) in [7, 11) is -4.31. The van der Waals surface area contributed by atoms with Crippen LogP contribution < -0.4 is 5.32 Å². The number of benzene rings is 2. The summed E-state index contributed by atoms with van der Waals surface area (Å²) in [4.78, 5) is 11.6. The number of hydrogen-bond acceptors (Lipinski definition) is 3. The highest BCUT2D eigenvalue weighted by atomic mass is 32.2. The van der Waals surface area contributed by atoms with Gasteiger partial charge in [-0.25, -0.2) is 17.2 Å². The van der Waals surface area contributed by atoms with Gasteiger partial charge in [-0.2, -0.15) is 4.31 Å². The van der Waals surface area contributed by atoms with Gasteiger partial charge in [-0.3, -0.25) is 4.79 Å². The molecule has 1 heterocycles. The molecule has 5 nitrogen and oxygen atoms in total. The summed E-state index contributed by atoms with van der Waals surface area (Å²) in [5, 5.41) is 2.61. The van der Waals surface area contributed by atoms with E-state index in [1.165, 1.54) is 0 Å². The lowest BCUT2D eigenvalue weighted by molar-refractivity contribution is -0.126.